The summed E-state index contributed by atoms with van der Waals surface area (Å²) in [5.41, 5.74) is 3.90. The molecule has 0 spiro atoms. The van der Waals surface area contributed by atoms with Gasteiger partial charge in [-0.05, 0) is 24.5 Å². The van der Waals surface area contributed by atoms with Gasteiger partial charge in [0.15, 0.2) is 0 Å². The number of hydrogen-bond donors (Lipinski definition) is 2. The van der Waals surface area contributed by atoms with Crippen molar-refractivity contribution < 1.29 is 31.2 Å². The first-order valence-corrected chi connectivity index (χ1v) is 10.8. The van der Waals surface area contributed by atoms with Gasteiger partial charge in [0.05, 0.1) is 10.5 Å². The maximum absolute atomic E-state index is 13.2. The Morgan fingerprint density at radius 2 is 1.70 bits per heavy atom. The highest BCUT2D eigenvalue weighted by Crippen LogP contribution is 2.35. The highest BCUT2D eigenvalue weighted by atomic mass is 32.2. The SMILES string of the molecule is CC(C)C[C@@H](NC(N)=O)C(=O)N1CCN(S(=O)(=O)c2ccccc2C(F)(F)F)CC1. The Balaban J connectivity index is 2.15. The Kier molecular flexibility index (Phi) is 7.35. The lowest BCUT2D eigenvalue weighted by Gasteiger charge is -2.36. The monoisotopic (exact) mass is 450 g/mol. The highest BCUT2D eigenvalue weighted by molar-refractivity contribution is 7.89. The molecule has 3 N–H and O–H groups in total. The molecule has 0 aliphatic carbocycles. The van der Waals surface area contributed by atoms with Crippen LogP contribution in [0.25, 0.3) is 0 Å². The predicted molar refractivity (Wildman–Crippen MR) is 103 cm³/mol. The van der Waals surface area contributed by atoms with Gasteiger partial charge in [-0.2, -0.15) is 17.5 Å². The second-order valence-electron chi connectivity index (χ2n) is 7.41. The number of hydrogen-bond acceptors (Lipinski definition) is 4. The molecule has 1 aromatic rings. The van der Waals surface area contributed by atoms with Crippen LogP contribution in [0, 0.1) is 5.92 Å². The molecule has 1 atom stereocenters. The molecule has 2 rings (SSSR count). The van der Waals surface area contributed by atoms with Crippen LogP contribution in [0.15, 0.2) is 29.2 Å². The molecule has 1 saturated heterocycles. The van der Waals surface area contributed by atoms with E-state index in [4.69, 9.17) is 5.73 Å². The molecule has 0 radical (unpaired) electrons. The lowest BCUT2D eigenvalue weighted by atomic mass is 10.0. The van der Waals surface area contributed by atoms with Gasteiger partial charge in [-0.3, -0.25) is 4.79 Å². The summed E-state index contributed by atoms with van der Waals surface area (Å²) in [6.45, 7) is 3.39. The van der Waals surface area contributed by atoms with E-state index in [1.807, 2.05) is 13.8 Å². The first-order valence-electron chi connectivity index (χ1n) is 9.35. The molecule has 1 aliphatic rings. The number of nitrogens with two attached hydrogens (primary N) is 1. The van der Waals surface area contributed by atoms with Crippen LogP contribution < -0.4 is 11.1 Å². The summed E-state index contributed by atoms with van der Waals surface area (Å²) in [5, 5.41) is 2.39. The molecule has 0 unspecified atom stereocenters. The van der Waals surface area contributed by atoms with E-state index in [0.29, 0.717) is 6.42 Å². The van der Waals surface area contributed by atoms with Gasteiger partial charge < -0.3 is 16.0 Å². The van der Waals surface area contributed by atoms with Crippen molar-refractivity contribution in [1.29, 1.82) is 0 Å². The molecule has 0 bridgehead atoms. The van der Waals surface area contributed by atoms with Gasteiger partial charge in [-0.15, -0.1) is 0 Å². The maximum Gasteiger partial charge on any atom is 0.417 e. The van der Waals surface area contributed by atoms with Gasteiger partial charge in [0, 0.05) is 26.2 Å². The van der Waals surface area contributed by atoms with E-state index < -0.39 is 44.6 Å². The Hall–Kier alpha value is -2.34. The molecule has 8 nitrogen and oxygen atoms in total. The Bertz CT molecular complexity index is 882. The quantitative estimate of drug-likeness (QED) is 0.686. The van der Waals surface area contributed by atoms with Crippen LogP contribution in [0.5, 0.6) is 0 Å². The first-order chi connectivity index (χ1) is 13.8. The topological polar surface area (TPSA) is 113 Å². The van der Waals surface area contributed by atoms with E-state index >= 15 is 0 Å². The van der Waals surface area contributed by atoms with Crippen molar-refractivity contribution in [2.45, 2.75) is 37.4 Å². The third-order valence-electron chi connectivity index (χ3n) is 4.68. The average molecular weight is 450 g/mol. The minimum Gasteiger partial charge on any atom is -0.352 e. The number of sulfonamides is 1. The van der Waals surface area contributed by atoms with E-state index in [-0.39, 0.29) is 32.1 Å². The van der Waals surface area contributed by atoms with Gasteiger partial charge >= 0.3 is 12.2 Å². The van der Waals surface area contributed by atoms with Crippen LogP contribution in [0.3, 0.4) is 0 Å². The van der Waals surface area contributed by atoms with E-state index in [2.05, 4.69) is 5.32 Å². The summed E-state index contributed by atoms with van der Waals surface area (Å²) in [6, 6.07) is 2.30. The normalized spacial score (nSPS) is 17.1. The number of primary amides is 1. The summed E-state index contributed by atoms with van der Waals surface area (Å²) in [7, 11) is -4.40. The van der Waals surface area contributed by atoms with Gasteiger partial charge in [0.25, 0.3) is 0 Å². The summed E-state index contributed by atoms with van der Waals surface area (Å²) in [6.07, 6.45) is -4.47. The fourth-order valence-electron chi connectivity index (χ4n) is 3.30. The third kappa shape index (κ3) is 5.63. The number of nitrogens with zero attached hydrogens (tertiary/aromatic N) is 2. The number of carbonyl (C=O) groups is 2. The smallest absolute Gasteiger partial charge is 0.352 e. The Morgan fingerprint density at radius 3 is 2.20 bits per heavy atom. The zero-order chi connectivity index (χ0) is 22.7. The Morgan fingerprint density at radius 1 is 1.13 bits per heavy atom. The fourth-order valence-corrected chi connectivity index (χ4v) is 4.93. The lowest BCUT2D eigenvalue weighted by Crippen LogP contribution is -2.56. The molecule has 168 valence electrons. The molecule has 1 fully saturated rings. The zero-order valence-corrected chi connectivity index (χ0v) is 17.5. The van der Waals surface area contributed by atoms with Gasteiger partial charge in [-0.25, -0.2) is 13.2 Å². The number of rotatable bonds is 6. The molecule has 30 heavy (non-hydrogen) atoms. The van der Waals surface area contributed by atoms with Crippen molar-refractivity contribution in [2.75, 3.05) is 26.2 Å². The first kappa shape index (κ1) is 23.9. The molecule has 0 aromatic heterocycles. The summed E-state index contributed by atoms with van der Waals surface area (Å²) in [4.78, 5) is 24.5. The number of amides is 3. The number of nitrogens with one attached hydrogen (secondary N) is 1. The number of benzene rings is 1. The molecule has 12 heteroatoms. The second-order valence-corrected chi connectivity index (χ2v) is 9.32. The number of halogens is 3. The van der Waals surface area contributed by atoms with Crippen LogP contribution in [0.4, 0.5) is 18.0 Å². The van der Waals surface area contributed by atoms with E-state index in [1.54, 1.807) is 0 Å². The molecular formula is C18H25F3N4O4S. The largest absolute Gasteiger partial charge is 0.417 e. The second kappa shape index (κ2) is 9.21. The number of piperazine rings is 1. The number of alkyl halides is 3. The molecule has 1 aromatic carbocycles. The molecule has 0 saturated carbocycles. The zero-order valence-electron chi connectivity index (χ0n) is 16.6. The average Bonchev–Trinajstić information content (AvgIpc) is 2.65. The lowest BCUT2D eigenvalue weighted by molar-refractivity contribution is -0.139. The Labute approximate surface area is 173 Å². The standard InChI is InChI=1S/C18H25F3N4O4S/c1-12(2)11-14(23-17(22)27)16(26)24-7-9-25(10-8-24)30(28,29)15-6-4-3-5-13(15)18(19,20)21/h3-6,12,14H,7-11H2,1-2H3,(H3,22,23,27)/t14-/m1/s1. The maximum atomic E-state index is 13.2. The summed E-state index contributed by atoms with van der Waals surface area (Å²) < 4.78 is 66.2. The minimum absolute atomic E-state index is 0.0126. The molecule has 1 aliphatic heterocycles. The fraction of sp³-hybridized carbons (Fsp3) is 0.556. The van der Waals surface area contributed by atoms with E-state index in [9.17, 15) is 31.2 Å². The van der Waals surface area contributed by atoms with E-state index in [0.717, 1.165) is 22.5 Å². The van der Waals surface area contributed by atoms with Gasteiger partial charge in [0.1, 0.15) is 6.04 Å². The van der Waals surface area contributed by atoms with E-state index in [1.165, 1.54) is 11.0 Å². The van der Waals surface area contributed by atoms with Gasteiger partial charge in [0.2, 0.25) is 15.9 Å². The number of carbonyl (C=O) groups excluding carboxylic acids is 2. The van der Waals surface area contributed by atoms with Crippen molar-refractivity contribution >= 4 is 22.0 Å². The van der Waals surface area contributed by atoms with Crippen LogP contribution >= 0.6 is 0 Å². The molecule has 1 heterocycles. The van der Waals surface area contributed by atoms with Crippen molar-refractivity contribution in [3.8, 4) is 0 Å². The van der Waals surface area contributed by atoms with Crippen LogP contribution in [-0.2, 0) is 21.0 Å². The predicted octanol–water partition coefficient (Wildman–Crippen LogP) is 1.62. The number of urea groups is 1. The molecule has 3 amide bonds. The molecular weight excluding hydrogens is 425 g/mol. The van der Waals surface area contributed by atoms with Crippen LogP contribution in [0.2, 0.25) is 0 Å². The third-order valence-corrected chi connectivity index (χ3v) is 6.64. The summed E-state index contributed by atoms with van der Waals surface area (Å²) >= 11 is 0. The minimum atomic E-state index is -4.81. The highest BCUT2D eigenvalue weighted by Gasteiger charge is 2.40. The van der Waals surface area contributed by atoms with Crippen LogP contribution in [0.1, 0.15) is 25.8 Å². The van der Waals surface area contributed by atoms with Crippen molar-refractivity contribution in [3.63, 3.8) is 0 Å². The van der Waals surface area contributed by atoms with Crippen molar-refractivity contribution in [2.24, 2.45) is 11.7 Å². The van der Waals surface area contributed by atoms with Crippen molar-refractivity contribution in [3.05, 3.63) is 29.8 Å². The van der Waals surface area contributed by atoms with Crippen LogP contribution in [-0.4, -0.2) is 61.8 Å². The summed E-state index contributed by atoms with van der Waals surface area (Å²) in [5.74, 6) is -0.318. The van der Waals surface area contributed by atoms with Gasteiger partial charge in [-0.1, -0.05) is 26.0 Å². The van der Waals surface area contributed by atoms with Crippen molar-refractivity contribution in [1.82, 2.24) is 14.5 Å².